The maximum Gasteiger partial charge on any atom is 0.0499 e. The van der Waals surface area contributed by atoms with Gasteiger partial charge in [-0.05, 0) is 30.8 Å². The fraction of sp³-hybridized carbons (Fsp3) is 1.00. The topological polar surface area (TPSA) is 46.2 Å². The summed E-state index contributed by atoms with van der Waals surface area (Å²) in [4.78, 5) is 0. The van der Waals surface area contributed by atoms with E-state index in [1.807, 2.05) is 11.8 Å². The lowest BCUT2D eigenvalue weighted by atomic mass is 9.82. The summed E-state index contributed by atoms with van der Waals surface area (Å²) in [6.07, 6.45) is 3.21. The molecule has 0 radical (unpaired) electrons. The van der Waals surface area contributed by atoms with Crippen LogP contribution in [0.2, 0.25) is 0 Å². The maximum absolute atomic E-state index is 9.25. The molecule has 1 unspecified atom stereocenters. The molecule has 0 spiro atoms. The summed E-state index contributed by atoms with van der Waals surface area (Å²) in [5.41, 5.74) is 5.67. The molecule has 0 aliphatic carbocycles. The number of hydrogen-bond donors (Lipinski definition) is 2. The van der Waals surface area contributed by atoms with Crippen LogP contribution in [-0.4, -0.2) is 29.8 Å². The number of aliphatic hydroxyl groups is 1. The predicted molar refractivity (Wildman–Crippen MR) is 61.1 cm³/mol. The van der Waals surface area contributed by atoms with Gasteiger partial charge in [-0.1, -0.05) is 13.8 Å². The summed E-state index contributed by atoms with van der Waals surface area (Å²) < 4.78 is 0. The summed E-state index contributed by atoms with van der Waals surface area (Å²) in [5.74, 6) is 2.37. The van der Waals surface area contributed by atoms with Gasteiger partial charge in [-0.2, -0.15) is 11.8 Å². The Balaban J connectivity index is 3.68. The summed E-state index contributed by atoms with van der Waals surface area (Å²) in [7, 11) is 0. The van der Waals surface area contributed by atoms with Crippen molar-refractivity contribution in [2.24, 2.45) is 11.1 Å². The molecular weight excluding hydrogens is 182 g/mol. The molecule has 13 heavy (non-hydrogen) atoms. The van der Waals surface area contributed by atoms with Crippen molar-refractivity contribution >= 4 is 11.8 Å². The van der Waals surface area contributed by atoms with Crippen LogP contribution in [-0.2, 0) is 0 Å². The number of thioether (sulfide) groups is 1. The molecule has 0 rings (SSSR count). The van der Waals surface area contributed by atoms with Gasteiger partial charge in [0.25, 0.3) is 0 Å². The monoisotopic (exact) mass is 205 g/mol. The minimum Gasteiger partial charge on any atom is -0.396 e. The molecule has 1 atom stereocenters. The van der Waals surface area contributed by atoms with Gasteiger partial charge >= 0.3 is 0 Å². The van der Waals surface area contributed by atoms with E-state index >= 15 is 0 Å². The second-order valence-electron chi connectivity index (χ2n) is 3.52. The van der Waals surface area contributed by atoms with E-state index < -0.39 is 0 Å². The van der Waals surface area contributed by atoms with Crippen LogP contribution in [0.1, 0.15) is 33.1 Å². The molecule has 3 N–H and O–H groups in total. The molecule has 0 heterocycles. The average Bonchev–Trinajstić information content (AvgIpc) is 2.20. The highest BCUT2D eigenvalue weighted by molar-refractivity contribution is 7.99. The van der Waals surface area contributed by atoms with Crippen molar-refractivity contribution in [3.05, 3.63) is 0 Å². The summed E-state index contributed by atoms with van der Waals surface area (Å²) >= 11 is 1.96. The highest BCUT2D eigenvalue weighted by Crippen LogP contribution is 2.26. The molecule has 0 aromatic rings. The van der Waals surface area contributed by atoms with Gasteiger partial charge in [-0.25, -0.2) is 0 Å². The second-order valence-corrected chi connectivity index (χ2v) is 4.91. The Morgan fingerprint density at radius 2 is 2.08 bits per heavy atom. The first kappa shape index (κ1) is 13.3. The van der Waals surface area contributed by atoms with Gasteiger partial charge in [0.2, 0.25) is 0 Å². The summed E-state index contributed by atoms with van der Waals surface area (Å²) in [5, 5.41) is 9.25. The Hall–Kier alpha value is 0.270. The molecule has 0 saturated carbocycles. The lowest BCUT2D eigenvalue weighted by Gasteiger charge is -2.28. The van der Waals surface area contributed by atoms with E-state index in [0.29, 0.717) is 6.54 Å². The van der Waals surface area contributed by atoms with Crippen LogP contribution in [0.3, 0.4) is 0 Å². The van der Waals surface area contributed by atoms with Crippen molar-refractivity contribution in [2.75, 3.05) is 24.7 Å². The molecule has 2 nitrogen and oxygen atoms in total. The molecule has 0 bridgehead atoms. The first-order valence-electron chi connectivity index (χ1n) is 5.13. The van der Waals surface area contributed by atoms with E-state index in [2.05, 4.69) is 13.8 Å². The standard InChI is InChI=1S/C10H23NOS/c1-3-10(8-11,9-12)6-5-7-13-4-2/h12H,3-9,11H2,1-2H3. The van der Waals surface area contributed by atoms with Crippen LogP contribution >= 0.6 is 11.8 Å². The van der Waals surface area contributed by atoms with Crippen molar-refractivity contribution in [1.29, 1.82) is 0 Å². The summed E-state index contributed by atoms with van der Waals surface area (Å²) in [6, 6.07) is 0. The zero-order valence-corrected chi connectivity index (χ0v) is 9.70. The highest BCUT2D eigenvalue weighted by Gasteiger charge is 2.24. The van der Waals surface area contributed by atoms with E-state index in [0.717, 1.165) is 12.8 Å². The van der Waals surface area contributed by atoms with Crippen LogP contribution in [0, 0.1) is 5.41 Å². The number of nitrogens with two attached hydrogens (primary N) is 1. The Labute approximate surface area is 86.3 Å². The van der Waals surface area contributed by atoms with E-state index in [-0.39, 0.29) is 12.0 Å². The minimum absolute atomic E-state index is 0.00565. The number of aliphatic hydroxyl groups excluding tert-OH is 1. The molecule has 0 aliphatic rings. The van der Waals surface area contributed by atoms with E-state index in [1.165, 1.54) is 17.9 Å². The molecule has 3 heteroatoms. The fourth-order valence-corrected chi connectivity index (χ4v) is 2.01. The minimum atomic E-state index is -0.00565. The zero-order valence-electron chi connectivity index (χ0n) is 8.88. The van der Waals surface area contributed by atoms with Gasteiger partial charge in [0.15, 0.2) is 0 Å². The Kier molecular flexibility index (Phi) is 7.81. The zero-order chi connectivity index (χ0) is 10.2. The van der Waals surface area contributed by atoms with E-state index in [9.17, 15) is 5.11 Å². The molecule has 0 saturated heterocycles. The first-order chi connectivity index (χ1) is 6.24. The molecule has 80 valence electrons. The molecule has 0 aromatic heterocycles. The van der Waals surface area contributed by atoms with E-state index in [1.54, 1.807) is 0 Å². The Morgan fingerprint density at radius 3 is 2.46 bits per heavy atom. The highest BCUT2D eigenvalue weighted by atomic mass is 32.2. The Bertz CT molecular complexity index is 107. The fourth-order valence-electron chi connectivity index (χ4n) is 1.37. The third kappa shape index (κ3) is 4.89. The normalized spacial score (nSPS) is 15.7. The quantitative estimate of drug-likeness (QED) is 0.595. The molecule has 0 fully saturated rings. The van der Waals surface area contributed by atoms with Gasteiger partial charge < -0.3 is 10.8 Å². The van der Waals surface area contributed by atoms with Crippen molar-refractivity contribution in [3.63, 3.8) is 0 Å². The summed E-state index contributed by atoms with van der Waals surface area (Å²) in [6.45, 7) is 5.12. The smallest absolute Gasteiger partial charge is 0.0499 e. The van der Waals surface area contributed by atoms with Gasteiger partial charge in [0.05, 0.1) is 0 Å². The van der Waals surface area contributed by atoms with Crippen molar-refractivity contribution in [3.8, 4) is 0 Å². The van der Waals surface area contributed by atoms with Gasteiger partial charge in [-0.3, -0.25) is 0 Å². The SMILES string of the molecule is CCSCCCC(CC)(CN)CO. The van der Waals surface area contributed by atoms with E-state index in [4.69, 9.17) is 5.73 Å². The molecule has 0 aromatic carbocycles. The van der Waals surface area contributed by atoms with Crippen molar-refractivity contribution in [2.45, 2.75) is 33.1 Å². The lowest BCUT2D eigenvalue weighted by Crippen LogP contribution is -2.33. The molecule has 0 aliphatic heterocycles. The van der Waals surface area contributed by atoms with Crippen LogP contribution in [0.15, 0.2) is 0 Å². The molecular formula is C10H23NOS. The Morgan fingerprint density at radius 1 is 1.38 bits per heavy atom. The second kappa shape index (κ2) is 7.65. The van der Waals surface area contributed by atoms with Gasteiger partial charge in [-0.15, -0.1) is 0 Å². The third-order valence-corrected chi connectivity index (χ3v) is 3.70. The molecule has 0 amide bonds. The van der Waals surface area contributed by atoms with Crippen LogP contribution in [0.4, 0.5) is 0 Å². The predicted octanol–water partition coefficient (Wildman–Crippen LogP) is 1.87. The van der Waals surface area contributed by atoms with Gasteiger partial charge in [0.1, 0.15) is 0 Å². The lowest BCUT2D eigenvalue weighted by molar-refractivity contribution is 0.117. The number of hydrogen-bond acceptors (Lipinski definition) is 3. The van der Waals surface area contributed by atoms with Crippen molar-refractivity contribution in [1.82, 2.24) is 0 Å². The van der Waals surface area contributed by atoms with Crippen LogP contribution in [0.5, 0.6) is 0 Å². The van der Waals surface area contributed by atoms with Gasteiger partial charge in [0, 0.05) is 18.6 Å². The van der Waals surface area contributed by atoms with Crippen LogP contribution < -0.4 is 5.73 Å². The first-order valence-corrected chi connectivity index (χ1v) is 6.28. The maximum atomic E-state index is 9.25. The average molecular weight is 205 g/mol. The largest absolute Gasteiger partial charge is 0.396 e. The third-order valence-electron chi connectivity index (χ3n) is 2.72. The van der Waals surface area contributed by atoms with Crippen LogP contribution in [0.25, 0.3) is 0 Å². The van der Waals surface area contributed by atoms with Crippen molar-refractivity contribution < 1.29 is 5.11 Å². The number of rotatable bonds is 8.